The summed E-state index contributed by atoms with van der Waals surface area (Å²) in [6, 6.07) is 9.46. The number of hydrogen-bond acceptors (Lipinski definition) is 3. The summed E-state index contributed by atoms with van der Waals surface area (Å²) >= 11 is 0. The second kappa shape index (κ2) is 12.8. The van der Waals surface area contributed by atoms with Gasteiger partial charge in [0.2, 0.25) is 0 Å². The van der Waals surface area contributed by atoms with E-state index in [9.17, 15) is 4.79 Å². The summed E-state index contributed by atoms with van der Waals surface area (Å²) in [5, 5.41) is 0. The summed E-state index contributed by atoms with van der Waals surface area (Å²) < 4.78 is 6.07. The highest BCUT2D eigenvalue weighted by Gasteiger charge is 2.33. The van der Waals surface area contributed by atoms with Gasteiger partial charge in [0.05, 0.1) is 6.10 Å². The molecule has 0 spiro atoms. The number of rotatable bonds is 11. The number of carbonyl (C=O) groups excluding carboxylic acids is 1. The highest BCUT2D eigenvalue weighted by molar-refractivity contribution is 5.76. The van der Waals surface area contributed by atoms with Gasteiger partial charge in [-0.25, -0.2) is 4.79 Å². The predicted molar refractivity (Wildman–Crippen MR) is 140 cm³/mol. The number of likely N-dealkylation sites (tertiary alicyclic amines) is 1. The molecule has 2 aliphatic heterocycles. The molecular weight excluding hydrogens is 422 g/mol. The smallest absolute Gasteiger partial charge is 0.320 e. The van der Waals surface area contributed by atoms with Crippen molar-refractivity contribution >= 4 is 6.03 Å². The number of carbonyl (C=O) groups is 1. The Bertz CT molecular complexity index is 753. The van der Waals surface area contributed by atoms with Crippen molar-refractivity contribution in [3.05, 3.63) is 29.8 Å². The van der Waals surface area contributed by atoms with Crippen molar-refractivity contribution in [2.24, 2.45) is 0 Å². The number of nitrogens with zero attached hydrogens (tertiary/aromatic N) is 3. The van der Waals surface area contributed by atoms with Crippen LogP contribution in [0.3, 0.4) is 0 Å². The molecule has 1 saturated carbocycles. The van der Waals surface area contributed by atoms with Gasteiger partial charge >= 0.3 is 6.03 Å². The fourth-order valence-electron chi connectivity index (χ4n) is 6.18. The maximum Gasteiger partial charge on any atom is 0.320 e. The molecule has 5 nitrogen and oxygen atoms in total. The molecule has 0 bridgehead atoms. The van der Waals surface area contributed by atoms with Crippen molar-refractivity contribution < 1.29 is 9.53 Å². The Kier molecular flexibility index (Phi) is 9.55. The van der Waals surface area contributed by atoms with Crippen LogP contribution in [0.4, 0.5) is 4.79 Å². The monoisotopic (exact) mass is 469 g/mol. The standard InChI is InChI=1S/C29H47N3O2/c1-24(2)34-28-15-9-8-14-27(28)25-16-20-30(21-17-25)18-10-3-4-11-19-31-22-23-32(29(31)33)26-12-6-5-7-13-26/h8-9,14-15,24-26H,3-7,10-13,16-23H2,1-2H3. The highest BCUT2D eigenvalue weighted by Crippen LogP contribution is 2.34. The van der Waals surface area contributed by atoms with Gasteiger partial charge in [-0.3, -0.25) is 0 Å². The number of urea groups is 1. The third-order valence-corrected chi connectivity index (χ3v) is 8.10. The van der Waals surface area contributed by atoms with Gasteiger partial charge in [-0.05, 0) is 89.6 Å². The number of unbranched alkanes of at least 4 members (excludes halogenated alkanes) is 3. The van der Waals surface area contributed by atoms with Crippen LogP contribution in [0.2, 0.25) is 0 Å². The Hall–Kier alpha value is -1.75. The largest absolute Gasteiger partial charge is 0.491 e. The van der Waals surface area contributed by atoms with Crippen molar-refractivity contribution in [3.63, 3.8) is 0 Å². The van der Waals surface area contributed by atoms with Crippen molar-refractivity contribution in [2.75, 3.05) is 39.3 Å². The Labute approximate surface area is 207 Å². The first-order chi connectivity index (χ1) is 16.6. The Morgan fingerprint density at radius 1 is 0.853 bits per heavy atom. The molecule has 3 fully saturated rings. The lowest BCUT2D eigenvalue weighted by Crippen LogP contribution is -2.40. The van der Waals surface area contributed by atoms with E-state index in [-0.39, 0.29) is 6.10 Å². The molecule has 5 heteroatoms. The average Bonchev–Trinajstić information content (AvgIpc) is 3.22. The zero-order chi connectivity index (χ0) is 23.8. The number of amides is 2. The molecule has 2 heterocycles. The number of piperidine rings is 1. The van der Waals surface area contributed by atoms with E-state index in [1.165, 1.54) is 89.4 Å². The summed E-state index contributed by atoms with van der Waals surface area (Å²) in [5.74, 6) is 1.70. The average molecular weight is 470 g/mol. The van der Waals surface area contributed by atoms with Gasteiger partial charge in [0.15, 0.2) is 0 Å². The third kappa shape index (κ3) is 6.90. The number of ether oxygens (including phenoxy) is 1. The van der Waals surface area contributed by atoms with Crippen LogP contribution in [0.15, 0.2) is 24.3 Å². The van der Waals surface area contributed by atoms with Gasteiger partial charge in [-0.15, -0.1) is 0 Å². The van der Waals surface area contributed by atoms with Gasteiger partial charge < -0.3 is 19.4 Å². The van der Waals surface area contributed by atoms with E-state index in [1.807, 2.05) is 0 Å². The van der Waals surface area contributed by atoms with E-state index in [4.69, 9.17) is 4.74 Å². The fourth-order valence-corrected chi connectivity index (χ4v) is 6.18. The summed E-state index contributed by atoms with van der Waals surface area (Å²) in [5.41, 5.74) is 1.40. The van der Waals surface area contributed by atoms with E-state index in [2.05, 4.69) is 52.8 Å². The highest BCUT2D eigenvalue weighted by atomic mass is 16.5. The summed E-state index contributed by atoms with van der Waals surface area (Å²) in [6.07, 6.45) is 14.0. The van der Waals surface area contributed by atoms with Crippen LogP contribution >= 0.6 is 0 Å². The van der Waals surface area contributed by atoms with E-state index < -0.39 is 0 Å². The van der Waals surface area contributed by atoms with Crippen molar-refractivity contribution in [3.8, 4) is 5.75 Å². The molecule has 3 aliphatic rings. The lowest BCUT2D eigenvalue weighted by molar-refractivity contribution is 0.162. The van der Waals surface area contributed by atoms with Crippen LogP contribution in [0.25, 0.3) is 0 Å². The van der Waals surface area contributed by atoms with E-state index in [1.54, 1.807) is 0 Å². The van der Waals surface area contributed by atoms with Crippen LogP contribution in [0.1, 0.15) is 96.0 Å². The Morgan fingerprint density at radius 2 is 1.56 bits per heavy atom. The molecule has 1 aromatic carbocycles. The Balaban J connectivity index is 1.08. The lowest BCUT2D eigenvalue weighted by Gasteiger charge is -2.33. The molecule has 190 valence electrons. The third-order valence-electron chi connectivity index (χ3n) is 8.10. The van der Waals surface area contributed by atoms with Gasteiger partial charge in [0, 0.05) is 25.7 Å². The number of para-hydroxylation sites is 1. The van der Waals surface area contributed by atoms with Gasteiger partial charge in [-0.1, -0.05) is 50.3 Å². The molecule has 0 aromatic heterocycles. The van der Waals surface area contributed by atoms with E-state index in [0.717, 1.165) is 31.8 Å². The van der Waals surface area contributed by atoms with Crippen molar-refractivity contribution in [1.82, 2.24) is 14.7 Å². The maximum atomic E-state index is 12.8. The van der Waals surface area contributed by atoms with Crippen molar-refractivity contribution in [1.29, 1.82) is 0 Å². The molecule has 0 unspecified atom stereocenters. The molecular formula is C29H47N3O2. The summed E-state index contributed by atoms with van der Waals surface area (Å²) in [6.45, 7) is 10.7. The summed E-state index contributed by atoms with van der Waals surface area (Å²) in [4.78, 5) is 19.7. The van der Waals surface area contributed by atoms with E-state index in [0.29, 0.717) is 18.0 Å². The van der Waals surface area contributed by atoms with E-state index >= 15 is 0 Å². The minimum atomic E-state index is 0.223. The van der Waals surface area contributed by atoms with Crippen LogP contribution in [0, 0.1) is 0 Å². The van der Waals surface area contributed by atoms with Crippen LogP contribution < -0.4 is 4.74 Å². The zero-order valence-electron chi connectivity index (χ0n) is 21.7. The molecule has 2 saturated heterocycles. The molecule has 0 N–H and O–H groups in total. The second-order valence-electron chi connectivity index (χ2n) is 11.0. The molecule has 1 aromatic rings. The fraction of sp³-hybridized carbons (Fsp3) is 0.759. The minimum absolute atomic E-state index is 0.223. The molecule has 1 aliphatic carbocycles. The van der Waals surface area contributed by atoms with Gasteiger partial charge in [-0.2, -0.15) is 0 Å². The molecule has 0 atom stereocenters. The number of hydrogen-bond donors (Lipinski definition) is 0. The number of benzene rings is 1. The first-order valence-electron chi connectivity index (χ1n) is 14.2. The van der Waals surface area contributed by atoms with Crippen LogP contribution in [-0.4, -0.2) is 72.1 Å². The first kappa shape index (κ1) is 25.3. The maximum absolute atomic E-state index is 12.8. The molecule has 34 heavy (non-hydrogen) atoms. The van der Waals surface area contributed by atoms with Crippen molar-refractivity contribution in [2.45, 2.75) is 103 Å². The lowest BCUT2D eigenvalue weighted by atomic mass is 9.88. The first-order valence-corrected chi connectivity index (χ1v) is 14.2. The molecule has 2 amide bonds. The van der Waals surface area contributed by atoms with Crippen LogP contribution in [-0.2, 0) is 0 Å². The normalized spacial score (nSPS) is 21.1. The predicted octanol–water partition coefficient (Wildman–Crippen LogP) is 6.28. The minimum Gasteiger partial charge on any atom is -0.491 e. The topological polar surface area (TPSA) is 36.0 Å². The quantitative estimate of drug-likeness (QED) is 0.358. The second-order valence-corrected chi connectivity index (χ2v) is 11.0. The zero-order valence-corrected chi connectivity index (χ0v) is 21.7. The van der Waals surface area contributed by atoms with Gasteiger partial charge in [0.1, 0.15) is 5.75 Å². The van der Waals surface area contributed by atoms with Gasteiger partial charge in [0.25, 0.3) is 0 Å². The Morgan fingerprint density at radius 3 is 2.29 bits per heavy atom. The molecule has 0 radical (unpaired) electrons. The summed E-state index contributed by atoms with van der Waals surface area (Å²) in [7, 11) is 0. The van der Waals surface area contributed by atoms with Crippen LogP contribution in [0.5, 0.6) is 5.75 Å². The molecule has 4 rings (SSSR count). The SMILES string of the molecule is CC(C)Oc1ccccc1C1CCN(CCCCCCN2CCN(C3CCCCC3)C2=O)CC1.